The van der Waals surface area contributed by atoms with Crippen LogP contribution in [0, 0.1) is 0 Å². The molecule has 1 heterocycles. The molecular weight excluding hydrogens is 210 g/mol. The second-order valence-corrected chi connectivity index (χ2v) is 4.99. The Morgan fingerprint density at radius 3 is 2.71 bits per heavy atom. The maximum atomic E-state index is 3.66. The highest BCUT2D eigenvalue weighted by molar-refractivity contribution is 5.19. The number of nitrogens with one attached hydrogen (secondary N) is 2. The van der Waals surface area contributed by atoms with Crippen molar-refractivity contribution in [3.63, 3.8) is 0 Å². The van der Waals surface area contributed by atoms with Crippen LogP contribution >= 0.6 is 0 Å². The van der Waals surface area contributed by atoms with Crippen LogP contribution in [0.3, 0.4) is 0 Å². The summed E-state index contributed by atoms with van der Waals surface area (Å²) < 4.78 is 0. The molecule has 0 aromatic heterocycles. The molecule has 0 spiro atoms. The lowest BCUT2D eigenvalue weighted by Crippen LogP contribution is -2.38. The lowest BCUT2D eigenvalue weighted by atomic mass is 10.1. The van der Waals surface area contributed by atoms with Crippen molar-refractivity contribution in [2.24, 2.45) is 0 Å². The number of nitrogens with zero attached hydrogens (tertiary/aromatic N) is 1. The summed E-state index contributed by atoms with van der Waals surface area (Å²) in [5.74, 6) is 0. The van der Waals surface area contributed by atoms with Crippen molar-refractivity contribution in [3.05, 3.63) is 35.9 Å². The Kier molecular flexibility index (Phi) is 4.54. The highest BCUT2D eigenvalue weighted by Crippen LogP contribution is 2.17. The van der Waals surface area contributed by atoms with E-state index in [2.05, 4.69) is 60.0 Å². The van der Waals surface area contributed by atoms with E-state index in [0.717, 1.165) is 19.6 Å². The zero-order valence-electron chi connectivity index (χ0n) is 10.8. The highest BCUT2D eigenvalue weighted by Gasteiger charge is 2.18. The normalized spacial score (nSPS) is 21.9. The van der Waals surface area contributed by atoms with Crippen molar-refractivity contribution in [1.29, 1.82) is 0 Å². The van der Waals surface area contributed by atoms with Gasteiger partial charge in [0.2, 0.25) is 0 Å². The van der Waals surface area contributed by atoms with E-state index in [1.807, 2.05) is 0 Å². The molecule has 3 heteroatoms. The van der Waals surface area contributed by atoms with Gasteiger partial charge in [0, 0.05) is 25.2 Å². The minimum absolute atomic E-state index is 0.455. The third kappa shape index (κ3) is 3.53. The molecule has 0 radical (unpaired) electrons. The minimum atomic E-state index is 0.455. The molecule has 3 nitrogen and oxygen atoms in total. The van der Waals surface area contributed by atoms with E-state index >= 15 is 0 Å². The highest BCUT2D eigenvalue weighted by atomic mass is 15.1. The predicted octanol–water partition coefficient (Wildman–Crippen LogP) is 1.24. The monoisotopic (exact) mass is 233 g/mol. The molecular formula is C14H23N3. The molecule has 1 aliphatic rings. The Bertz CT molecular complexity index is 317. The largest absolute Gasteiger partial charge is 0.315 e. The molecule has 1 saturated heterocycles. The SMILES string of the molecule is CN(C)C(CNC1CCNC1)c1ccccc1. The second kappa shape index (κ2) is 6.15. The number of benzene rings is 1. The number of rotatable bonds is 5. The predicted molar refractivity (Wildman–Crippen MR) is 72.1 cm³/mol. The zero-order valence-corrected chi connectivity index (χ0v) is 10.8. The van der Waals surface area contributed by atoms with Gasteiger partial charge in [0.1, 0.15) is 0 Å². The minimum Gasteiger partial charge on any atom is -0.315 e. The van der Waals surface area contributed by atoms with Crippen molar-refractivity contribution >= 4 is 0 Å². The fraction of sp³-hybridized carbons (Fsp3) is 0.571. The van der Waals surface area contributed by atoms with Crippen LogP contribution < -0.4 is 10.6 Å². The van der Waals surface area contributed by atoms with Crippen LogP contribution in [0.1, 0.15) is 18.0 Å². The fourth-order valence-corrected chi connectivity index (χ4v) is 2.38. The Labute approximate surface area is 104 Å². The second-order valence-electron chi connectivity index (χ2n) is 4.99. The molecule has 1 fully saturated rings. The smallest absolute Gasteiger partial charge is 0.0466 e. The molecule has 2 unspecified atom stereocenters. The molecule has 1 aliphatic heterocycles. The van der Waals surface area contributed by atoms with Crippen LogP contribution in [0.4, 0.5) is 0 Å². The molecule has 0 saturated carbocycles. The van der Waals surface area contributed by atoms with Gasteiger partial charge in [0.25, 0.3) is 0 Å². The summed E-state index contributed by atoms with van der Waals surface area (Å²) in [5.41, 5.74) is 1.39. The molecule has 2 rings (SSSR count). The van der Waals surface area contributed by atoms with Gasteiger partial charge in [-0.3, -0.25) is 0 Å². The van der Waals surface area contributed by atoms with E-state index in [1.165, 1.54) is 12.0 Å². The Balaban J connectivity index is 1.93. The van der Waals surface area contributed by atoms with Gasteiger partial charge >= 0.3 is 0 Å². The van der Waals surface area contributed by atoms with Crippen LogP contribution in [0.5, 0.6) is 0 Å². The van der Waals surface area contributed by atoms with Crippen LogP contribution in [-0.4, -0.2) is 44.7 Å². The molecule has 0 aliphatic carbocycles. The lowest BCUT2D eigenvalue weighted by molar-refractivity contribution is 0.281. The first-order valence-electron chi connectivity index (χ1n) is 6.43. The third-order valence-corrected chi connectivity index (χ3v) is 3.47. The third-order valence-electron chi connectivity index (χ3n) is 3.47. The fourth-order valence-electron chi connectivity index (χ4n) is 2.38. The summed E-state index contributed by atoms with van der Waals surface area (Å²) >= 11 is 0. The maximum Gasteiger partial charge on any atom is 0.0466 e. The molecule has 2 atom stereocenters. The van der Waals surface area contributed by atoms with E-state index < -0.39 is 0 Å². The van der Waals surface area contributed by atoms with Gasteiger partial charge in [-0.25, -0.2) is 0 Å². The average molecular weight is 233 g/mol. The van der Waals surface area contributed by atoms with Crippen molar-refractivity contribution in [2.45, 2.75) is 18.5 Å². The Hall–Kier alpha value is -0.900. The van der Waals surface area contributed by atoms with Crippen molar-refractivity contribution in [1.82, 2.24) is 15.5 Å². The molecule has 1 aromatic carbocycles. The van der Waals surface area contributed by atoms with E-state index in [9.17, 15) is 0 Å². The molecule has 1 aromatic rings. The van der Waals surface area contributed by atoms with Crippen LogP contribution in [-0.2, 0) is 0 Å². The first kappa shape index (κ1) is 12.6. The van der Waals surface area contributed by atoms with E-state index in [-0.39, 0.29) is 0 Å². The summed E-state index contributed by atoms with van der Waals surface area (Å²) in [7, 11) is 4.29. The summed E-state index contributed by atoms with van der Waals surface area (Å²) in [5, 5.41) is 7.05. The van der Waals surface area contributed by atoms with Gasteiger partial charge in [-0.15, -0.1) is 0 Å². The summed E-state index contributed by atoms with van der Waals surface area (Å²) in [4.78, 5) is 2.28. The lowest BCUT2D eigenvalue weighted by Gasteiger charge is -2.26. The van der Waals surface area contributed by atoms with Gasteiger partial charge in [-0.1, -0.05) is 30.3 Å². The Morgan fingerprint density at radius 1 is 1.35 bits per heavy atom. The average Bonchev–Trinajstić information content (AvgIpc) is 2.83. The van der Waals surface area contributed by atoms with E-state index in [4.69, 9.17) is 0 Å². The summed E-state index contributed by atoms with van der Waals surface area (Å²) in [6.07, 6.45) is 1.24. The molecule has 0 bridgehead atoms. The molecule has 94 valence electrons. The van der Waals surface area contributed by atoms with Crippen LogP contribution in [0.25, 0.3) is 0 Å². The molecule has 2 N–H and O–H groups in total. The van der Waals surface area contributed by atoms with Crippen molar-refractivity contribution < 1.29 is 0 Å². The van der Waals surface area contributed by atoms with Gasteiger partial charge in [-0.2, -0.15) is 0 Å². The quantitative estimate of drug-likeness (QED) is 0.801. The topological polar surface area (TPSA) is 27.3 Å². The Morgan fingerprint density at radius 2 is 2.12 bits per heavy atom. The first-order chi connectivity index (χ1) is 8.27. The molecule has 0 amide bonds. The van der Waals surface area contributed by atoms with E-state index in [1.54, 1.807) is 0 Å². The first-order valence-corrected chi connectivity index (χ1v) is 6.43. The zero-order chi connectivity index (χ0) is 12.1. The number of likely N-dealkylation sites (N-methyl/N-ethyl adjacent to an activating group) is 1. The van der Waals surface area contributed by atoms with Crippen molar-refractivity contribution in [3.8, 4) is 0 Å². The number of hydrogen-bond acceptors (Lipinski definition) is 3. The van der Waals surface area contributed by atoms with Crippen LogP contribution in [0.15, 0.2) is 30.3 Å². The van der Waals surface area contributed by atoms with Gasteiger partial charge in [0.05, 0.1) is 0 Å². The van der Waals surface area contributed by atoms with Crippen molar-refractivity contribution in [2.75, 3.05) is 33.7 Å². The summed E-state index contributed by atoms with van der Waals surface area (Å²) in [6, 6.07) is 11.8. The maximum absolute atomic E-state index is 3.66. The van der Waals surface area contributed by atoms with Crippen LogP contribution in [0.2, 0.25) is 0 Å². The summed E-state index contributed by atoms with van der Waals surface area (Å²) in [6.45, 7) is 3.27. The molecule has 17 heavy (non-hydrogen) atoms. The van der Waals surface area contributed by atoms with E-state index in [0.29, 0.717) is 12.1 Å². The van der Waals surface area contributed by atoms with Gasteiger partial charge in [-0.05, 0) is 32.6 Å². The standard InChI is InChI=1S/C14H23N3/c1-17(2)14(12-6-4-3-5-7-12)11-16-13-8-9-15-10-13/h3-7,13-16H,8-11H2,1-2H3. The number of hydrogen-bond donors (Lipinski definition) is 2. The van der Waals surface area contributed by atoms with Gasteiger partial charge < -0.3 is 15.5 Å². The van der Waals surface area contributed by atoms with Gasteiger partial charge in [0.15, 0.2) is 0 Å².